The summed E-state index contributed by atoms with van der Waals surface area (Å²) in [4.78, 5) is 0. The van der Waals surface area contributed by atoms with Crippen molar-refractivity contribution in [1.82, 2.24) is 0 Å². The maximum absolute atomic E-state index is 2.24. The molecule has 2 heteroatoms. The van der Waals surface area contributed by atoms with Crippen molar-refractivity contribution in [1.29, 1.82) is 0 Å². The molecule has 0 nitrogen and oxygen atoms in total. The summed E-state index contributed by atoms with van der Waals surface area (Å²) in [5.41, 5.74) is 4.20. The standard InChI is InChI=1S/C17H15.ClH.Zr/c1-2-8-14(9-3-1)17(15-10-4-5-11-15)16-12-6-7-13-16;;/h1-10,12H,11,13H2;1H;/q-1;;+2/p-1. The zero-order chi connectivity index (χ0) is 11.5. The smallest absolute Gasteiger partial charge is 1.00 e. The molecule has 19 heavy (non-hydrogen) atoms. The van der Waals surface area contributed by atoms with E-state index >= 15 is 0 Å². The largest absolute Gasteiger partial charge is 2.00 e. The molecule has 0 N–H and O–H groups in total. The van der Waals surface area contributed by atoms with Gasteiger partial charge in [0.1, 0.15) is 0 Å². The minimum absolute atomic E-state index is 0. The summed E-state index contributed by atoms with van der Waals surface area (Å²) in [7, 11) is 0. The van der Waals surface area contributed by atoms with Gasteiger partial charge in [-0.05, 0) is 12.8 Å². The number of rotatable bonds is 3. The molecule has 0 spiro atoms. The maximum atomic E-state index is 2.24. The van der Waals surface area contributed by atoms with Crippen LogP contribution in [0.3, 0.4) is 0 Å². The molecule has 0 unspecified atom stereocenters. The normalized spacial score (nSPS) is 15.4. The third-order valence-electron chi connectivity index (χ3n) is 3.25. The van der Waals surface area contributed by atoms with Gasteiger partial charge in [-0.1, -0.05) is 48.4 Å². The average Bonchev–Trinajstić information content (AvgIpc) is 3.04. The van der Waals surface area contributed by atoms with Gasteiger partial charge in [0.25, 0.3) is 0 Å². The van der Waals surface area contributed by atoms with Crippen LogP contribution in [0.4, 0.5) is 0 Å². The molecule has 0 aliphatic heterocycles. The number of allylic oxidation sites excluding steroid dienone is 8. The van der Waals surface area contributed by atoms with Gasteiger partial charge in [0.05, 0.1) is 0 Å². The van der Waals surface area contributed by atoms with Gasteiger partial charge < -0.3 is 12.4 Å². The van der Waals surface area contributed by atoms with E-state index < -0.39 is 0 Å². The predicted octanol–water partition coefficient (Wildman–Crippen LogP) is 1.38. The first-order valence-corrected chi connectivity index (χ1v) is 6.09. The summed E-state index contributed by atoms with van der Waals surface area (Å²) < 4.78 is 0. The minimum Gasteiger partial charge on any atom is -1.00 e. The van der Waals surface area contributed by atoms with Crippen molar-refractivity contribution in [3.8, 4) is 0 Å². The molecular weight excluding hydrogens is 331 g/mol. The van der Waals surface area contributed by atoms with E-state index in [2.05, 4.69) is 66.8 Å². The van der Waals surface area contributed by atoms with Crippen molar-refractivity contribution in [3.63, 3.8) is 0 Å². The van der Waals surface area contributed by atoms with E-state index in [1.807, 2.05) is 0 Å². The Morgan fingerprint density at radius 3 is 1.74 bits per heavy atom. The molecule has 1 aromatic rings. The Kier molecular flexibility index (Phi) is 6.62. The topological polar surface area (TPSA) is 0 Å². The minimum atomic E-state index is 0. The fraction of sp³-hybridized carbons (Fsp3) is 0.118. The third-order valence-corrected chi connectivity index (χ3v) is 3.25. The first kappa shape index (κ1) is 16.3. The number of halogens is 1. The van der Waals surface area contributed by atoms with E-state index in [-0.39, 0.29) is 38.6 Å². The van der Waals surface area contributed by atoms with Crippen LogP contribution in [0.25, 0.3) is 0 Å². The van der Waals surface area contributed by atoms with Crippen LogP contribution in [0.1, 0.15) is 18.4 Å². The molecule has 0 radical (unpaired) electrons. The van der Waals surface area contributed by atoms with Crippen molar-refractivity contribution in [3.05, 3.63) is 89.4 Å². The zero-order valence-electron chi connectivity index (χ0n) is 10.6. The fourth-order valence-corrected chi connectivity index (χ4v) is 2.45. The summed E-state index contributed by atoms with van der Waals surface area (Å²) in [5, 5.41) is 0. The van der Waals surface area contributed by atoms with Gasteiger partial charge in [-0.2, -0.15) is 0 Å². The predicted molar refractivity (Wildman–Crippen MR) is 72.5 cm³/mol. The molecule has 0 bridgehead atoms. The fourth-order valence-electron chi connectivity index (χ4n) is 2.45. The van der Waals surface area contributed by atoms with Crippen LogP contribution in [0.15, 0.2) is 77.9 Å². The second-order valence-electron chi connectivity index (χ2n) is 4.39. The Morgan fingerprint density at radius 1 is 0.789 bits per heavy atom. The quantitative estimate of drug-likeness (QED) is 0.726. The van der Waals surface area contributed by atoms with Crippen molar-refractivity contribution >= 4 is 0 Å². The molecule has 2 aliphatic rings. The van der Waals surface area contributed by atoms with Gasteiger partial charge in [-0.3, -0.25) is 0 Å². The molecule has 0 amide bonds. The van der Waals surface area contributed by atoms with Crippen LogP contribution in [0.2, 0.25) is 0 Å². The molecule has 3 rings (SSSR count). The van der Waals surface area contributed by atoms with E-state index in [0.717, 1.165) is 12.8 Å². The van der Waals surface area contributed by atoms with Gasteiger partial charge in [0.2, 0.25) is 0 Å². The Morgan fingerprint density at radius 2 is 1.32 bits per heavy atom. The first-order valence-electron chi connectivity index (χ1n) is 6.09. The van der Waals surface area contributed by atoms with E-state index in [1.54, 1.807) is 0 Å². The summed E-state index contributed by atoms with van der Waals surface area (Å²) in [5.74, 6) is 1.42. The molecule has 0 atom stereocenters. The molecule has 2 aliphatic carbocycles. The van der Waals surface area contributed by atoms with E-state index in [9.17, 15) is 0 Å². The van der Waals surface area contributed by atoms with E-state index in [1.165, 1.54) is 22.6 Å². The SMILES string of the molecule is C1=CCC([C-](C2=CC=CC2)c2ccccc2)=C1.[Cl-].[Zr+2]. The second kappa shape index (κ2) is 7.73. The van der Waals surface area contributed by atoms with Crippen molar-refractivity contribution in [2.75, 3.05) is 0 Å². The summed E-state index contributed by atoms with van der Waals surface area (Å²) in [6, 6.07) is 10.7. The van der Waals surface area contributed by atoms with Crippen LogP contribution < -0.4 is 12.4 Å². The molecule has 1 aromatic carbocycles. The van der Waals surface area contributed by atoms with Crippen molar-refractivity contribution < 1.29 is 38.6 Å². The number of hydrogen-bond acceptors (Lipinski definition) is 0. The average molecular weight is 346 g/mol. The summed E-state index contributed by atoms with van der Waals surface area (Å²) >= 11 is 0. The van der Waals surface area contributed by atoms with Crippen molar-refractivity contribution in [2.45, 2.75) is 12.8 Å². The summed E-state index contributed by atoms with van der Waals surface area (Å²) in [6.45, 7) is 0. The van der Waals surface area contributed by atoms with Gasteiger partial charge in [-0.15, -0.1) is 41.0 Å². The Labute approximate surface area is 140 Å². The van der Waals surface area contributed by atoms with E-state index in [4.69, 9.17) is 0 Å². The molecule has 0 fully saturated rings. The zero-order valence-corrected chi connectivity index (χ0v) is 13.9. The van der Waals surface area contributed by atoms with Gasteiger partial charge in [0, 0.05) is 0 Å². The monoisotopic (exact) mass is 344 g/mol. The molecule has 0 saturated heterocycles. The maximum Gasteiger partial charge on any atom is 2.00 e. The second-order valence-corrected chi connectivity index (χ2v) is 4.39. The van der Waals surface area contributed by atoms with E-state index in [0.29, 0.717) is 0 Å². The molecule has 0 heterocycles. The molecular formula is C17H15ClZr. The Balaban J connectivity index is 0.000000902. The summed E-state index contributed by atoms with van der Waals surface area (Å²) in [6.07, 6.45) is 15.3. The Bertz CT molecular complexity index is 493. The van der Waals surface area contributed by atoms with Crippen LogP contribution in [0.5, 0.6) is 0 Å². The van der Waals surface area contributed by atoms with Gasteiger partial charge in [-0.25, -0.2) is 0 Å². The van der Waals surface area contributed by atoms with Gasteiger partial charge >= 0.3 is 26.2 Å². The molecule has 0 aromatic heterocycles. The number of hydrogen-bond donors (Lipinski definition) is 0. The molecule has 94 valence electrons. The van der Waals surface area contributed by atoms with Gasteiger partial charge in [0.15, 0.2) is 0 Å². The van der Waals surface area contributed by atoms with Crippen LogP contribution in [-0.4, -0.2) is 0 Å². The third kappa shape index (κ3) is 3.62. The molecule has 0 saturated carbocycles. The number of benzene rings is 1. The first-order chi connectivity index (χ1) is 8.45. The Hall–Kier alpha value is -0.777. The van der Waals surface area contributed by atoms with Crippen molar-refractivity contribution in [2.24, 2.45) is 0 Å². The van der Waals surface area contributed by atoms with Crippen LogP contribution >= 0.6 is 0 Å². The van der Waals surface area contributed by atoms with Crippen LogP contribution in [-0.2, 0) is 26.2 Å². The van der Waals surface area contributed by atoms with Crippen LogP contribution in [0, 0.1) is 5.92 Å².